The fourth-order valence-corrected chi connectivity index (χ4v) is 1.70. The Labute approximate surface area is 105 Å². The van der Waals surface area contributed by atoms with Crippen LogP contribution in [0, 0.1) is 4.77 Å². The van der Waals surface area contributed by atoms with Gasteiger partial charge in [0.2, 0.25) is 5.91 Å². The maximum atomic E-state index is 11.4. The van der Waals surface area contributed by atoms with Gasteiger partial charge in [0.05, 0.1) is 0 Å². The van der Waals surface area contributed by atoms with Crippen LogP contribution in [0.4, 0.5) is 0 Å². The molecule has 1 rings (SSSR count). The molecule has 0 radical (unpaired) electrons. The summed E-state index contributed by atoms with van der Waals surface area (Å²) in [5, 5.41) is 9.63. The van der Waals surface area contributed by atoms with E-state index in [1.165, 1.54) is 7.11 Å². The molecule has 0 aliphatic rings. The first kappa shape index (κ1) is 13.9. The zero-order valence-electron chi connectivity index (χ0n) is 10.3. The number of nitrogens with zero attached hydrogens (tertiary/aromatic N) is 2. The van der Waals surface area contributed by atoms with E-state index in [2.05, 4.69) is 15.5 Å². The molecule has 0 unspecified atom stereocenters. The van der Waals surface area contributed by atoms with Crippen molar-refractivity contribution in [2.75, 3.05) is 13.7 Å². The molecule has 1 aromatic heterocycles. The summed E-state index contributed by atoms with van der Waals surface area (Å²) in [6.45, 7) is 5.00. The smallest absolute Gasteiger partial charge is 0.248 e. The molecule has 7 heteroatoms. The molecule has 2 N–H and O–H groups in total. The van der Waals surface area contributed by atoms with Gasteiger partial charge in [-0.2, -0.15) is 5.10 Å². The van der Waals surface area contributed by atoms with Gasteiger partial charge in [-0.3, -0.25) is 9.89 Å². The number of amides is 1. The molecular weight excluding hydrogens is 240 g/mol. The third kappa shape index (κ3) is 3.64. The maximum Gasteiger partial charge on any atom is 0.248 e. The Morgan fingerprint density at radius 2 is 2.41 bits per heavy atom. The lowest BCUT2D eigenvalue weighted by atomic mass is 10.3. The first-order valence-corrected chi connectivity index (χ1v) is 5.95. The number of carbonyl (C=O) groups excluding carboxylic acids is 1. The van der Waals surface area contributed by atoms with Crippen molar-refractivity contribution in [3.8, 4) is 0 Å². The van der Waals surface area contributed by atoms with E-state index in [0.717, 1.165) is 12.4 Å². The largest absolute Gasteiger partial charge is 0.372 e. The van der Waals surface area contributed by atoms with E-state index in [-0.39, 0.29) is 5.91 Å². The Morgan fingerprint density at radius 1 is 1.71 bits per heavy atom. The fraction of sp³-hybridized carbons (Fsp3) is 0.700. The normalized spacial score (nSPS) is 12.4. The predicted molar refractivity (Wildman–Crippen MR) is 66.3 cm³/mol. The number of rotatable bonds is 6. The zero-order valence-corrected chi connectivity index (χ0v) is 11.1. The highest BCUT2D eigenvalue weighted by Gasteiger charge is 2.11. The lowest BCUT2D eigenvalue weighted by molar-refractivity contribution is -0.129. The molecule has 6 nitrogen and oxygen atoms in total. The van der Waals surface area contributed by atoms with Crippen LogP contribution in [0.25, 0.3) is 0 Å². The summed E-state index contributed by atoms with van der Waals surface area (Å²) in [4.78, 5) is 11.4. The summed E-state index contributed by atoms with van der Waals surface area (Å²) in [5.74, 6) is 0.729. The predicted octanol–water partition coefficient (Wildman–Crippen LogP) is 0.654. The molecule has 0 saturated heterocycles. The Kier molecular flexibility index (Phi) is 5.30. The number of ether oxygens (including phenoxy) is 1. The van der Waals surface area contributed by atoms with E-state index in [0.29, 0.717) is 17.7 Å². The quantitative estimate of drug-likeness (QED) is 0.735. The highest BCUT2D eigenvalue weighted by Crippen LogP contribution is 1.98. The van der Waals surface area contributed by atoms with E-state index in [4.69, 9.17) is 17.0 Å². The van der Waals surface area contributed by atoms with Gasteiger partial charge in [0, 0.05) is 26.6 Å². The Hall–Kier alpha value is -1.21. The second-order valence-electron chi connectivity index (χ2n) is 3.61. The highest BCUT2D eigenvalue weighted by atomic mass is 32.1. The van der Waals surface area contributed by atoms with Crippen molar-refractivity contribution >= 4 is 18.1 Å². The Bertz CT molecular complexity index is 426. The van der Waals surface area contributed by atoms with Crippen molar-refractivity contribution in [1.29, 1.82) is 0 Å². The average Bonchev–Trinajstić information content (AvgIpc) is 2.68. The number of carbonyl (C=O) groups is 1. The van der Waals surface area contributed by atoms with E-state index >= 15 is 0 Å². The molecule has 0 bridgehead atoms. The SMILES string of the molecule is CCn1c(CCNC(=O)[C@@H](C)OC)n[nH]c1=S. The van der Waals surface area contributed by atoms with Crippen LogP contribution >= 0.6 is 12.2 Å². The minimum Gasteiger partial charge on any atom is -0.372 e. The third-order valence-electron chi connectivity index (χ3n) is 2.52. The van der Waals surface area contributed by atoms with Crippen LogP contribution in [0.1, 0.15) is 19.7 Å². The lowest BCUT2D eigenvalue weighted by Crippen LogP contribution is -2.35. The molecule has 96 valence electrons. The number of methoxy groups -OCH3 is 1. The van der Waals surface area contributed by atoms with E-state index < -0.39 is 6.10 Å². The van der Waals surface area contributed by atoms with Crippen LogP contribution in [-0.4, -0.2) is 40.4 Å². The molecular formula is C10H18N4O2S. The zero-order chi connectivity index (χ0) is 12.8. The van der Waals surface area contributed by atoms with Gasteiger partial charge >= 0.3 is 0 Å². The van der Waals surface area contributed by atoms with Gasteiger partial charge < -0.3 is 14.6 Å². The van der Waals surface area contributed by atoms with Crippen LogP contribution in [-0.2, 0) is 22.5 Å². The van der Waals surface area contributed by atoms with Gasteiger partial charge in [0.25, 0.3) is 0 Å². The van der Waals surface area contributed by atoms with Crippen molar-refractivity contribution in [1.82, 2.24) is 20.1 Å². The Morgan fingerprint density at radius 3 is 3.00 bits per heavy atom. The van der Waals surface area contributed by atoms with E-state index in [9.17, 15) is 4.79 Å². The second-order valence-corrected chi connectivity index (χ2v) is 3.99. The molecule has 0 aliphatic heterocycles. The highest BCUT2D eigenvalue weighted by molar-refractivity contribution is 7.71. The van der Waals surface area contributed by atoms with Gasteiger partial charge in [0.15, 0.2) is 4.77 Å². The molecule has 1 heterocycles. The number of nitrogens with one attached hydrogen (secondary N) is 2. The average molecular weight is 258 g/mol. The summed E-state index contributed by atoms with van der Waals surface area (Å²) in [6.07, 6.45) is 0.213. The number of hydrogen-bond acceptors (Lipinski definition) is 4. The van der Waals surface area contributed by atoms with Crippen molar-refractivity contribution in [3.63, 3.8) is 0 Å². The summed E-state index contributed by atoms with van der Waals surface area (Å²) in [6, 6.07) is 0. The van der Waals surface area contributed by atoms with Gasteiger partial charge in [-0.15, -0.1) is 0 Å². The van der Waals surface area contributed by atoms with Crippen molar-refractivity contribution in [2.24, 2.45) is 0 Å². The lowest BCUT2D eigenvalue weighted by Gasteiger charge is -2.10. The van der Waals surface area contributed by atoms with Gasteiger partial charge in [-0.05, 0) is 26.1 Å². The number of H-pyrrole nitrogens is 1. The molecule has 17 heavy (non-hydrogen) atoms. The summed E-state index contributed by atoms with van der Waals surface area (Å²) in [7, 11) is 1.51. The van der Waals surface area contributed by atoms with Crippen molar-refractivity contribution < 1.29 is 9.53 Å². The molecule has 0 saturated carbocycles. The van der Waals surface area contributed by atoms with Gasteiger partial charge in [-0.25, -0.2) is 0 Å². The summed E-state index contributed by atoms with van der Waals surface area (Å²) >= 11 is 5.07. The second kappa shape index (κ2) is 6.51. The van der Waals surface area contributed by atoms with Gasteiger partial charge in [-0.1, -0.05) is 0 Å². The fourth-order valence-electron chi connectivity index (χ4n) is 1.42. The first-order chi connectivity index (χ1) is 8.10. The molecule has 1 atom stereocenters. The van der Waals surface area contributed by atoms with Gasteiger partial charge in [0.1, 0.15) is 11.9 Å². The summed E-state index contributed by atoms with van der Waals surface area (Å²) < 4.78 is 7.42. The van der Waals surface area contributed by atoms with Crippen molar-refractivity contribution in [2.45, 2.75) is 32.9 Å². The standard InChI is InChI=1S/C10H18N4O2S/c1-4-14-8(12-13-10(14)17)5-6-11-9(15)7(2)16-3/h7H,4-6H2,1-3H3,(H,11,15)(H,13,17)/t7-/m1/s1. The number of aromatic nitrogens is 3. The summed E-state index contributed by atoms with van der Waals surface area (Å²) in [5.41, 5.74) is 0. The van der Waals surface area contributed by atoms with Crippen LogP contribution < -0.4 is 5.32 Å². The minimum atomic E-state index is -0.429. The van der Waals surface area contributed by atoms with Crippen LogP contribution in [0.15, 0.2) is 0 Å². The van der Waals surface area contributed by atoms with E-state index in [1.54, 1.807) is 6.92 Å². The van der Waals surface area contributed by atoms with Crippen LogP contribution in [0.3, 0.4) is 0 Å². The van der Waals surface area contributed by atoms with Crippen LogP contribution in [0.5, 0.6) is 0 Å². The first-order valence-electron chi connectivity index (χ1n) is 5.54. The molecule has 0 spiro atoms. The van der Waals surface area contributed by atoms with Crippen LogP contribution in [0.2, 0.25) is 0 Å². The monoisotopic (exact) mass is 258 g/mol. The molecule has 0 fully saturated rings. The molecule has 1 amide bonds. The number of hydrogen-bond donors (Lipinski definition) is 2. The third-order valence-corrected chi connectivity index (χ3v) is 2.84. The topological polar surface area (TPSA) is 71.9 Å². The molecule has 1 aromatic rings. The van der Waals surface area contributed by atoms with Crippen molar-refractivity contribution in [3.05, 3.63) is 10.6 Å². The molecule has 0 aliphatic carbocycles. The van der Waals surface area contributed by atoms with E-state index in [1.807, 2.05) is 11.5 Å². The maximum absolute atomic E-state index is 11.4. The minimum absolute atomic E-state index is 0.121. The molecule has 0 aromatic carbocycles. The number of aromatic amines is 1. The Balaban J connectivity index is 2.46.